The van der Waals surface area contributed by atoms with E-state index in [1.54, 1.807) is 24.1 Å². The lowest BCUT2D eigenvalue weighted by Crippen LogP contribution is -2.40. The average Bonchev–Trinajstić information content (AvgIpc) is 3.31. The normalized spacial score (nSPS) is 18.0. The fourth-order valence-corrected chi connectivity index (χ4v) is 4.53. The summed E-state index contributed by atoms with van der Waals surface area (Å²) in [6, 6.07) is 12.9. The van der Waals surface area contributed by atoms with Crippen LogP contribution < -0.4 is 4.74 Å². The van der Waals surface area contributed by atoms with Crippen molar-refractivity contribution in [3.63, 3.8) is 0 Å². The maximum Gasteiger partial charge on any atom is 0.260 e. The summed E-state index contributed by atoms with van der Waals surface area (Å²) in [6.45, 7) is 1.81. The number of benzene rings is 2. The van der Waals surface area contributed by atoms with E-state index in [2.05, 4.69) is 19.2 Å². The molecule has 3 aromatic rings. The van der Waals surface area contributed by atoms with Crippen molar-refractivity contribution in [3.8, 4) is 5.75 Å². The molecule has 1 fully saturated rings. The maximum absolute atomic E-state index is 13.2. The molecule has 1 saturated heterocycles. The lowest BCUT2D eigenvalue weighted by Gasteiger charge is -2.32. The van der Waals surface area contributed by atoms with E-state index in [1.807, 2.05) is 30.3 Å². The summed E-state index contributed by atoms with van der Waals surface area (Å²) in [4.78, 5) is 25.6. The molecule has 186 valence electrons. The molecule has 35 heavy (non-hydrogen) atoms. The highest BCUT2D eigenvalue weighted by Gasteiger charge is 2.28. The van der Waals surface area contributed by atoms with Crippen molar-refractivity contribution in [1.29, 1.82) is 0 Å². The molecule has 0 radical (unpaired) electrons. The van der Waals surface area contributed by atoms with Crippen LogP contribution in [-0.4, -0.2) is 81.5 Å². The smallest absolute Gasteiger partial charge is 0.260 e. The number of hydrogen-bond acceptors (Lipinski definition) is 9. The van der Waals surface area contributed by atoms with Crippen molar-refractivity contribution in [2.75, 3.05) is 40.4 Å². The van der Waals surface area contributed by atoms with E-state index in [0.717, 1.165) is 18.5 Å². The van der Waals surface area contributed by atoms with Crippen LogP contribution in [-0.2, 0) is 19.9 Å². The largest absolute Gasteiger partial charge is 0.481 e. The van der Waals surface area contributed by atoms with Crippen molar-refractivity contribution in [2.24, 2.45) is 4.36 Å². The fourth-order valence-electron chi connectivity index (χ4n) is 4.11. The van der Waals surface area contributed by atoms with E-state index in [4.69, 9.17) is 8.92 Å². The second-order valence-corrected chi connectivity index (χ2v) is 9.32. The van der Waals surface area contributed by atoms with Gasteiger partial charge in [0.05, 0.1) is 19.3 Å². The topological polar surface area (TPSA) is 117 Å². The summed E-state index contributed by atoms with van der Waals surface area (Å²) in [6.07, 6.45) is 3.42. The molecule has 1 aliphatic heterocycles. The van der Waals surface area contributed by atoms with Gasteiger partial charge in [-0.1, -0.05) is 30.3 Å². The number of likely N-dealkylation sites (tertiary alicyclic amines) is 1. The molecule has 1 aromatic heterocycles. The molecule has 1 N–H and O–H groups in total. The summed E-state index contributed by atoms with van der Waals surface area (Å²) in [7, 11) is 0.854. The molecular weight excluding hydrogens is 470 g/mol. The molecule has 1 aliphatic rings. The molecule has 0 saturated carbocycles. The third-order valence-electron chi connectivity index (χ3n) is 5.99. The Kier molecular flexibility index (Phi) is 8.24. The first kappa shape index (κ1) is 25.0. The van der Waals surface area contributed by atoms with Crippen molar-refractivity contribution < 1.29 is 23.0 Å². The zero-order valence-electron chi connectivity index (χ0n) is 19.6. The van der Waals surface area contributed by atoms with Gasteiger partial charge < -0.3 is 14.7 Å². The molecule has 0 spiro atoms. The van der Waals surface area contributed by atoms with Crippen LogP contribution in [0, 0.1) is 0 Å². The number of hydrogen-bond donors (Lipinski definition) is 2. The Balaban J connectivity index is 1.51. The van der Waals surface area contributed by atoms with E-state index in [1.165, 1.54) is 19.5 Å². The van der Waals surface area contributed by atoms with Crippen LogP contribution in [0.4, 0.5) is 5.69 Å². The summed E-state index contributed by atoms with van der Waals surface area (Å²) >= 11 is 0. The van der Waals surface area contributed by atoms with Crippen LogP contribution in [0.25, 0.3) is 11.0 Å². The maximum atomic E-state index is 13.2. The van der Waals surface area contributed by atoms with Crippen molar-refractivity contribution in [2.45, 2.75) is 18.6 Å². The average molecular weight is 500 g/mol. The third kappa shape index (κ3) is 6.12. The Morgan fingerprint density at radius 1 is 1.23 bits per heavy atom. The summed E-state index contributed by atoms with van der Waals surface area (Å²) in [5.41, 5.74) is 2.19. The van der Waals surface area contributed by atoms with Gasteiger partial charge in [-0.2, -0.15) is 4.36 Å². The van der Waals surface area contributed by atoms with E-state index in [9.17, 15) is 14.1 Å². The van der Waals surface area contributed by atoms with Crippen LogP contribution in [0.3, 0.4) is 0 Å². The Hall–Kier alpha value is -3.12. The lowest BCUT2D eigenvalue weighted by atomic mass is 10.0. The molecular formula is C24H29N5O5S. The van der Waals surface area contributed by atoms with Gasteiger partial charge >= 0.3 is 0 Å². The summed E-state index contributed by atoms with van der Waals surface area (Å²) in [5, 5.41) is 9.93. The monoisotopic (exact) mass is 499 g/mol. The number of carbonyl (C=O) groups is 1. The van der Waals surface area contributed by atoms with Gasteiger partial charge in [-0.3, -0.25) is 18.9 Å². The minimum atomic E-state index is -2.22. The number of thiol groups is 1. The van der Waals surface area contributed by atoms with Gasteiger partial charge in [0, 0.05) is 39.1 Å². The second-order valence-electron chi connectivity index (χ2n) is 8.28. The third-order valence-corrected chi connectivity index (χ3v) is 6.68. The highest BCUT2D eigenvalue weighted by Crippen LogP contribution is 2.31. The summed E-state index contributed by atoms with van der Waals surface area (Å²) < 4.78 is 26.4. The van der Waals surface area contributed by atoms with E-state index >= 15 is 0 Å². The predicted octanol–water partition coefficient (Wildman–Crippen LogP) is 2.13. The molecule has 2 heterocycles. The first-order valence-corrected chi connectivity index (χ1v) is 12.4. The zero-order chi connectivity index (χ0) is 24.8. The van der Waals surface area contributed by atoms with Gasteiger partial charge in [0.15, 0.2) is 17.5 Å². The quantitative estimate of drug-likeness (QED) is 0.430. The van der Waals surface area contributed by atoms with E-state index in [0.29, 0.717) is 35.6 Å². The van der Waals surface area contributed by atoms with E-state index < -0.39 is 10.9 Å². The van der Waals surface area contributed by atoms with Crippen LogP contribution in [0.5, 0.6) is 5.75 Å². The standard InChI is InChI=1S/C24H29N5O5S/c1-28(20(17-6-4-3-5-7-17)15-29-13-10-18(30)14-29)22(31)16-34-21-9-8-19(27-35(32)33-2)23-24(21)26-12-11-25-23/h3-9,11-12,18,20,30,35H,10,13-16H2,1-2H3/t18-,20?/m0/s1. The highest BCUT2D eigenvalue weighted by atomic mass is 32.2. The van der Waals surface area contributed by atoms with Gasteiger partial charge in [0.25, 0.3) is 5.91 Å². The molecule has 11 heteroatoms. The number of nitrogens with zero attached hydrogens (tertiary/aromatic N) is 5. The van der Waals surface area contributed by atoms with Crippen molar-refractivity contribution in [1.82, 2.24) is 19.8 Å². The predicted molar refractivity (Wildman–Crippen MR) is 133 cm³/mol. The zero-order valence-corrected chi connectivity index (χ0v) is 20.5. The van der Waals surface area contributed by atoms with Crippen LogP contribution in [0.1, 0.15) is 18.0 Å². The van der Waals surface area contributed by atoms with Crippen molar-refractivity contribution in [3.05, 3.63) is 60.4 Å². The fraction of sp³-hybridized carbons (Fsp3) is 0.375. The number of fused-ring (bicyclic) bond motifs is 1. The molecule has 0 aliphatic carbocycles. The number of β-amino-alcohol motifs (C(OH)–C–C–N with tert-alkyl or cyclic N) is 1. The van der Waals surface area contributed by atoms with Crippen LogP contribution in [0.2, 0.25) is 0 Å². The number of likely N-dealkylation sites (N-methyl/N-ethyl adjacent to an activating group) is 1. The molecule has 2 aromatic carbocycles. The highest BCUT2D eigenvalue weighted by molar-refractivity contribution is 7.69. The first-order valence-electron chi connectivity index (χ1n) is 11.3. The number of ether oxygens (including phenoxy) is 1. The Morgan fingerprint density at radius 2 is 1.97 bits per heavy atom. The SMILES string of the molecule is CO[SH](=O)=Nc1ccc(OCC(=O)N(C)C(CN2CC[C@H](O)C2)c2ccccc2)c2nccnc12. The molecule has 0 bridgehead atoms. The number of aliphatic hydroxyl groups excluding tert-OH is 1. The van der Waals surface area contributed by atoms with Crippen LogP contribution in [0.15, 0.2) is 59.2 Å². The molecule has 3 atom stereocenters. The second kappa shape index (κ2) is 11.5. The number of rotatable bonds is 9. The van der Waals surface area contributed by atoms with Gasteiger partial charge in [-0.25, -0.2) is 9.19 Å². The first-order chi connectivity index (χ1) is 17.0. The van der Waals surface area contributed by atoms with Gasteiger partial charge in [0.2, 0.25) is 0 Å². The van der Waals surface area contributed by atoms with E-state index in [-0.39, 0.29) is 24.7 Å². The van der Waals surface area contributed by atoms with Crippen molar-refractivity contribution >= 4 is 33.5 Å². The Bertz CT molecular complexity index is 1250. The number of carbonyl (C=O) groups excluding carboxylic acids is 1. The van der Waals surface area contributed by atoms with Gasteiger partial charge in [0.1, 0.15) is 22.5 Å². The molecule has 10 nitrogen and oxygen atoms in total. The number of aromatic nitrogens is 2. The minimum absolute atomic E-state index is 0.194. The number of aliphatic hydroxyl groups is 1. The Morgan fingerprint density at radius 3 is 2.66 bits per heavy atom. The minimum Gasteiger partial charge on any atom is -0.481 e. The van der Waals surface area contributed by atoms with Crippen LogP contribution >= 0.6 is 0 Å². The molecule has 4 rings (SSSR count). The number of amides is 1. The lowest BCUT2D eigenvalue weighted by molar-refractivity contribution is -0.134. The van der Waals surface area contributed by atoms with Gasteiger partial charge in [-0.05, 0) is 24.1 Å². The molecule has 1 amide bonds. The Labute approximate surface area is 205 Å². The molecule has 2 unspecified atom stereocenters. The van der Waals surface area contributed by atoms with Gasteiger partial charge in [-0.15, -0.1) is 0 Å². The summed E-state index contributed by atoms with van der Waals surface area (Å²) in [5.74, 6) is 0.173.